The SMILES string of the molecule is C[C](C)=[Zr+2].Cc1cc[cH-]c1.[F-].[F-].c1ccc2c(c1)[cH-]c1ccccc12. The summed E-state index contributed by atoms with van der Waals surface area (Å²) >= 11 is 1.55. The van der Waals surface area contributed by atoms with Crippen LogP contribution < -0.4 is 9.41 Å². The Morgan fingerprint density at radius 3 is 1.56 bits per heavy atom. The smallest absolute Gasteiger partial charge is 0.0771 e. The van der Waals surface area contributed by atoms with Crippen molar-refractivity contribution < 1.29 is 33.6 Å². The molecule has 0 unspecified atom stereocenters. The molecule has 4 rings (SSSR count). The molecular formula is C22H22F2Zr-2. The second kappa shape index (κ2) is 11.8. The van der Waals surface area contributed by atoms with Crippen LogP contribution in [0.4, 0.5) is 0 Å². The van der Waals surface area contributed by atoms with Crippen LogP contribution in [0.2, 0.25) is 0 Å². The third-order valence-electron chi connectivity index (χ3n) is 3.35. The summed E-state index contributed by atoms with van der Waals surface area (Å²) in [4.78, 5) is 0. The van der Waals surface area contributed by atoms with Crippen LogP contribution in [0.3, 0.4) is 0 Å². The molecule has 0 aromatic heterocycles. The normalized spacial score (nSPS) is 9.00. The molecule has 0 atom stereocenters. The monoisotopic (exact) mass is 414 g/mol. The fourth-order valence-electron chi connectivity index (χ4n) is 2.37. The van der Waals surface area contributed by atoms with Gasteiger partial charge in [0.25, 0.3) is 0 Å². The van der Waals surface area contributed by atoms with E-state index in [1.807, 2.05) is 12.1 Å². The van der Waals surface area contributed by atoms with E-state index in [1.54, 1.807) is 24.2 Å². The Morgan fingerprint density at radius 1 is 0.800 bits per heavy atom. The number of rotatable bonds is 0. The van der Waals surface area contributed by atoms with Crippen LogP contribution in [0, 0.1) is 6.92 Å². The van der Waals surface area contributed by atoms with Gasteiger partial charge in [0.15, 0.2) is 0 Å². The van der Waals surface area contributed by atoms with Gasteiger partial charge in [-0.25, -0.2) is 11.6 Å². The Hall–Kier alpha value is -1.73. The van der Waals surface area contributed by atoms with E-state index < -0.39 is 0 Å². The van der Waals surface area contributed by atoms with Crippen LogP contribution in [0.25, 0.3) is 21.5 Å². The quantitative estimate of drug-likeness (QED) is 0.360. The molecule has 0 spiro atoms. The number of hydrogen-bond acceptors (Lipinski definition) is 0. The van der Waals surface area contributed by atoms with Gasteiger partial charge in [0, 0.05) is 0 Å². The van der Waals surface area contributed by atoms with Crippen molar-refractivity contribution >= 4 is 24.8 Å². The summed E-state index contributed by atoms with van der Waals surface area (Å²) in [5.41, 5.74) is 1.34. The maximum absolute atomic E-state index is 2.24. The minimum absolute atomic E-state index is 0. The zero-order valence-corrected chi connectivity index (χ0v) is 17.2. The summed E-state index contributed by atoms with van der Waals surface area (Å²) in [6, 6.07) is 27.5. The van der Waals surface area contributed by atoms with Crippen molar-refractivity contribution in [1.29, 1.82) is 0 Å². The topological polar surface area (TPSA) is 0 Å². The van der Waals surface area contributed by atoms with Crippen molar-refractivity contribution in [3.63, 3.8) is 0 Å². The largest absolute Gasteiger partial charge is 1.00 e. The molecule has 0 aliphatic heterocycles. The van der Waals surface area contributed by atoms with E-state index in [-0.39, 0.29) is 9.41 Å². The first-order valence-electron chi connectivity index (χ1n) is 7.81. The Balaban J connectivity index is 0.000000410. The Morgan fingerprint density at radius 2 is 1.24 bits per heavy atom. The number of benzene rings is 2. The molecule has 0 radical (unpaired) electrons. The molecular weight excluding hydrogens is 393 g/mol. The standard InChI is InChI=1S/C13H9.C6H7.C3H6.2FH.Zr/c1-3-7-12-10(5-1)9-11-6-2-4-8-13(11)12;1-6-4-2-3-5-6;1-3-2;;;/h1-9H;2-5H,1H3;1-2H3;2*1H;/q2*-1;;;;+2/p-2. The van der Waals surface area contributed by atoms with Gasteiger partial charge in [-0.3, -0.25) is 0 Å². The molecule has 0 fully saturated rings. The number of halogens is 2. The first-order chi connectivity index (χ1) is 11.1. The van der Waals surface area contributed by atoms with Crippen molar-refractivity contribution in [3.05, 3.63) is 84.4 Å². The molecule has 130 valence electrons. The fraction of sp³-hybridized carbons (Fsp3) is 0.136. The average molecular weight is 416 g/mol. The van der Waals surface area contributed by atoms with E-state index in [1.165, 1.54) is 30.3 Å². The van der Waals surface area contributed by atoms with Crippen molar-refractivity contribution in [2.45, 2.75) is 20.8 Å². The average Bonchev–Trinajstić information content (AvgIpc) is 3.13. The van der Waals surface area contributed by atoms with Crippen LogP contribution >= 0.6 is 0 Å². The molecule has 0 aliphatic rings. The number of aryl methyl sites for hydroxylation is 1. The van der Waals surface area contributed by atoms with Gasteiger partial charge in [-0.05, 0) is 0 Å². The molecule has 4 aromatic carbocycles. The van der Waals surface area contributed by atoms with Gasteiger partial charge in [0.1, 0.15) is 0 Å². The van der Waals surface area contributed by atoms with E-state index in [0.29, 0.717) is 0 Å². The van der Waals surface area contributed by atoms with E-state index >= 15 is 0 Å². The number of hydrogen-bond donors (Lipinski definition) is 0. The molecule has 3 heteroatoms. The van der Waals surface area contributed by atoms with Crippen LogP contribution in [-0.2, 0) is 24.2 Å². The van der Waals surface area contributed by atoms with Crippen molar-refractivity contribution in [2.24, 2.45) is 0 Å². The molecule has 0 amide bonds. The zero-order chi connectivity index (χ0) is 16.7. The molecule has 25 heavy (non-hydrogen) atoms. The van der Waals surface area contributed by atoms with Crippen LogP contribution in [-0.4, -0.2) is 3.21 Å². The van der Waals surface area contributed by atoms with Crippen molar-refractivity contribution in [3.8, 4) is 0 Å². The molecule has 0 nitrogen and oxygen atoms in total. The summed E-state index contributed by atoms with van der Waals surface area (Å²) in [5, 5.41) is 5.39. The van der Waals surface area contributed by atoms with Gasteiger partial charge < -0.3 is 9.41 Å². The van der Waals surface area contributed by atoms with E-state index in [9.17, 15) is 0 Å². The predicted octanol–water partition coefficient (Wildman–Crippen LogP) is 0.179. The van der Waals surface area contributed by atoms with Gasteiger partial charge in [-0.15, -0.1) is 39.7 Å². The van der Waals surface area contributed by atoms with Crippen molar-refractivity contribution in [1.82, 2.24) is 0 Å². The van der Waals surface area contributed by atoms with Crippen molar-refractivity contribution in [2.75, 3.05) is 0 Å². The molecule has 0 aliphatic carbocycles. The van der Waals surface area contributed by atoms with Gasteiger partial charge in [-0.2, -0.15) is 18.2 Å². The van der Waals surface area contributed by atoms with Gasteiger partial charge in [0.2, 0.25) is 0 Å². The first-order valence-corrected chi connectivity index (χ1v) is 9.04. The summed E-state index contributed by atoms with van der Waals surface area (Å²) in [6.07, 6.45) is 0. The Bertz CT molecular complexity index is 819. The molecule has 0 saturated heterocycles. The van der Waals surface area contributed by atoms with Gasteiger partial charge >= 0.3 is 41.3 Å². The van der Waals surface area contributed by atoms with E-state index in [4.69, 9.17) is 0 Å². The Kier molecular flexibility index (Phi) is 11.0. The minimum atomic E-state index is 0. The Labute approximate surface area is 163 Å². The molecule has 0 N–H and O–H groups in total. The summed E-state index contributed by atoms with van der Waals surface area (Å²) in [6.45, 7) is 6.33. The van der Waals surface area contributed by atoms with Gasteiger partial charge in [0.05, 0.1) is 0 Å². The summed E-state index contributed by atoms with van der Waals surface area (Å²) < 4.78 is 1.51. The first kappa shape index (κ1) is 23.3. The molecule has 0 heterocycles. The maximum Gasteiger partial charge on any atom is -0.0771 e. The van der Waals surface area contributed by atoms with Crippen LogP contribution in [0.15, 0.2) is 78.9 Å². The minimum Gasteiger partial charge on any atom is -1.00 e. The predicted molar refractivity (Wildman–Crippen MR) is 100 cm³/mol. The third kappa shape index (κ3) is 7.36. The second-order valence-electron chi connectivity index (χ2n) is 5.78. The number of fused-ring (bicyclic) bond motifs is 3. The third-order valence-corrected chi connectivity index (χ3v) is 3.35. The molecule has 4 aromatic rings. The maximum atomic E-state index is 2.24. The zero-order valence-electron chi connectivity index (χ0n) is 14.8. The fourth-order valence-corrected chi connectivity index (χ4v) is 2.37. The van der Waals surface area contributed by atoms with E-state index in [2.05, 4.69) is 87.5 Å². The van der Waals surface area contributed by atoms with Crippen LogP contribution in [0.1, 0.15) is 19.4 Å². The summed E-state index contributed by atoms with van der Waals surface area (Å²) in [7, 11) is 0. The van der Waals surface area contributed by atoms with E-state index in [0.717, 1.165) is 0 Å². The molecule has 0 bridgehead atoms. The van der Waals surface area contributed by atoms with Crippen LogP contribution in [0.5, 0.6) is 0 Å². The summed E-state index contributed by atoms with van der Waals surface area (Å²) in [5.74, 6) is 0. The van der Waals surface area contributed by atoms with Gasteiger partial charge in [-0.1, -0.05) is 43.3 Å². The second-order valence-corrected chi connectivity index (χ2v) is 8.24. The molecule has 0 saturated carbocycles.